The van der Waals surface area contributed by atoms with Gasteiger partial charge in [0.2, 0.25) is 0 Å². The average molecular weight is 343 g/mol. The summed E-state index contributed by atoms with van der Waals surface area (Å²) in [6, 6.07) is 3.63. The van der Waals surface area contributed by atoms with Gasteiger partial charge in [0.15, 0.2) is 0 Å². The van der Waals surface area contributed by atoms with Crippen LogP contribution in [0.5, 0.6) is 0 Å². The molecule has 2 aliphatic rings. The summed E-state index contributed by atoms with van der Waals surface area (Å²) in [4.78, 5) is 14.5. The van der Waals surface area contributed by atoms with Crippen molar-refractivity contribution in [2.45, 2.75) is 19.6 Å². The SMILES string of the molecule is Cc1cc(CN2C[C@@H]3[C@H](CNC(=O)c4ccnnc4)CO[C@@H]3C2)no1. The number of hydrogen-bond donors (Lipinski definition) is 1. The Bertz CT molecular complexity index is 735. The first kappa shape index (κ1) is 16.2. The number of aromatic nitrogens is 3. The fourth-order valence-corrected chi connectivity index (χ4v) is 3.69. The average Bonchev–Trinajstić information content (AvgIpc) is 3.30. The number of carbonyl (C=O) groups is 1. The quantitative estimate of drug-likeness (QED) is 0.852. The highest BCUT2D eigenvalue weighted by molar-refractivity contribution is 5.93. The second-order valence-electron chi connectivity index (χ2n) is 6.76. The summed E-state index contributed by atoms with van der Waals surface area (Å²) in [5.41, 5.74) is 1.48. The number of likely N-dealkylation sites (tertiary alicyclic amines) is 1. The summed E-state index contributed by atoms with van der Waals surface area (Å²) >= 11 is 0. The Kier molecular flexibility index (Phi) is 4.46. The van der Waals surface area contributed by atoms with Crippen LogP contribution >= 0.6 is 0 Å². The minimum Gasteiger partial charge on any atom is -0.376 e. The van der Waals surface area contributed by atoms with Gasteiger partial charge in [-0.05, 0) is 13.0 Å². The van der Waals surface area contributed by atoms with Crippen molar-refractivity contribution in [3.8, 4) is 0 Å². The third-order valence-electron chi connectivity index (χ3n) is 4.95. The minimum atomic E-state index is -0.119. The zero-order valence-corrected chi connectivity index (χ0v) is 14.1. The Labute approximate surface area is 145 Å². The van der Waals surface area contributed by atoms with Gasteiger partial charge in [0.05, 0.1) is 36.4 Å². The predicted octanol–water partition coefficient (Wildman–Crippen LogP) is 0.650. The number of ether oxygens (including phenoxy) is 1. The fraction of sp³-hybridized carbons (Fsp3) is 0.529. The largest absolute Gasteiger partial charge is 0.376 e. The summed E-state index contributed by atoms with van der Waals surface area (Å²) in [7, 11) is 0. The maximum atomic E-state index is 12.2. The monoisotopic (exact) mass is 343 g/mol. The van der Waals surface area contributed by atoms with Gasteiger partial charge >= 0.3 is 0 Å². The number of rotatable bonds is 5. The Hall–Kier alpha value is -2.32. The number of amides is 1. The number of fused-ring (bicyclic) bond motifs is 1. The molecule has 2 saturated heterocycles. The Morgan fingerprint density at radius 1 is 1.40 bits per heavy atom. The Balaban J connectivity index is 1.30. The molecule has 0 aromatic carbocycles. The lowest BCUT2D eigenvalue weighted by Gasteiger charge is -2.19. The van der Waals surface area contributed by atoms with E-state index in [-0.39, 0.29) is 12.0 Å². The van der Waals surface area contributed by atoms with E-state index >= 15 is 0 Å². The van der Waals surface area contributed by atoms with Crippen LogP contribution in [0.1, 0.15) is 21.8 Å². The molecule has 0 spiro atoms. The lowest BCUT2D eigenvalue weighted by Crippen LogP contribution is -2.34. The van der Waals surface area contributed by atoms with Crippen LogP contribution in [0.15, 0.2) is 29.0 Å². The van der Waals surface area contributed by atoms with E-state index in [9.17, 15) is 4.79 Å². The zero-order chi connectivity index (χ0) is 17.2. The molecule has 4 heterocycles. The van der Waals surface area contributed by atoms with Crippen molar-refractivity contribution in [1.82, 2.24) is 25.6 Å². The van der Waals surface area contributed by atoms with E-state index in [1.54, 1.807) is 6.07 Å². The van der Waals surface area contributed by atoms with Gasteiger partial charge in [-0.15, -0.1) is 0 Å². The maximum Gasteiger partial charge on any atom is 0.252 e. The first-order valence-electron chi connectivity index (χ1n) is 8.50. The van der Waals surface area contributed by atoms with Gasteiger partial charge in [0.1, 0.15) is 5.76 Å². The summed E-state index contributed by atoms with van der Waals surface area (Å²) in [5, 5.41) is 14.5. The normalized spacial score (nSPS) is 25.9. The lowest BCUT2D eigenvalue weighted by molar-refractivity contribution is 0.0901. The summed E-state index contributed by atoms with van der Waals surface area (Å²) in [6.07, 6.45) is 3.22. The molecule has 0 bridgehead atoms. The highest BCUT2D eigenvalue weighted by Gasteiger charge is 2.43. The van der Waals surface area contributed by atoms with Gasteiger partial charge in [-0.3, -0.25) is 9.69 Å². The van der Waals surface area contributed by atoms with Crippen molar-refractivity contribution < 1.29 is 14.1 Å². The van der Waals surface area contributed by atoms with E-state index < -0.39 is 0 Å². The van der Waals surface area contributed by atoms with Gasteiger partial charge in [-0.1, -0.05) is 5.16 Å². The van der Waals surface area contributed by atoms with Crippen molar-refractivity contribution in [3.05, 3.63) is 41.5 Å². The molecule has 25 heavy (non-hydrogen) atoms. The molecule has 0 radical (unpaired) electrons. The second kappa shape index (κ2) is 6.89. The maximum absolute atomic E-state index is 12.2. The van der Waals surface area contributed by atoms with Crippen LogP contribution in [0.3, 0.4) is 0 Å². The van der Waals surface area contributed by atoms with Crippen LogP contribution in [0, 0.1) is 18.8 Å². The molecule has 2 aromatic heterocycles. The third-order valence-corrected chi connectivity index (χ3v) is 4.95. The molecule has 2 aliphatic heterocycles. The molecule has 3 atom stereocenters. The first-order valence-corrected chi connectivity index (χ1v) is 8.50. The van der Waals surface area contributed by atoms with E-state index in [1.165, 1.54) is 12.4 Å². The second-order valence-corrected chi connectivity index (χ2v) is 6.76. The van der Waals surface area contributed by atoms with Crippen molar-refractivity contribution >= 4 is 5.91 Å². The van der Waals surface area contributed by atoms with Crippen molar-refractivity contribution in [1.29, 1.82) is 0 Å². The molecular formula is C17H21N5O3. The van der Waals surface area contributed by atoms with Crippen molar-refractivity contribution in [2.75, 3.05) is 26.2 Å². The van der Waals surface area contributed by atoms with E-state index in [0.29, 0.717) is 30.6 Å². The topological polar surface area (TPSA) is 93.4 Å². The van der Waals surface area contributed by atoms with Gasteiger partial charge in [-0.25, -0.2) is 0 Å². The van der Waals surface area contributed by atoms with Crippen LogP contribution in [0.4, 0.5) is 0 Å². The predicted molar refractivity (Wildman–Crippen MR) is 87.6 cm³/mol. The molecular weight excluding hydrogens is 322 g/mol. The van der Waals surface area contributed by atoms with E-state index in [4.69, 9.17) is 9.26 Å². The number of hydrogen-bond acceptors (Lipinski definition) is 7. The molecule has 2 aromatic rings. The third kappa shape index (κ3) is 3.54. The Morgan fingerprint density at radius 2 is 2.32 bits per heavy atom. The number of carbonyl (C=O) groups excluding carboxylic acids is 1. The molecule has 0 aliphatic carbocycles. The molecule has 1 amide bonds. The summed E-state index contributed by atoms with van der Waals surface area (Å²) in [5.74, 6) is 1.47. The number of nitrogens with one attached hydrogen (secondary N) is 1. The standard InChI is InChI=1S/C17H21N5O3/c1-11-4-14(21-25-11)7-22-8-15-13(10-24-16(15)9-22)5-18-17(23)12-2-3-19-20-6-12/h2-4,6,13,15-16H,5,7-10H2,1H3,(H,18,23)/t13-,15-,16-/m1/s1. The molecule has 132 valence electrons. The molecule has 2 fully saturated rings. The highest BCUT2D eigenvalue weighted by atomic mass is 16.5. The Morgan fingerprint density at radius 3 is 3.08 bits per heavy atom. The molecule has 8 heteroatoms. The number of nitrogens with zero attached hydrogens (tertiary/aromatic N) is 4. The smallest absolute Gasteiger partial charge is 0.252 e. The molecule has 0 saturated carbocycles. The van der Waals surface area contributed by atoms with Crippen molar-refractivity contribution in [3.63, 3.8) is 0 Å². The van der Waals surface area contributed by atoms with Crippen molar-refractivity contribution in [2.24, 2.45) is 11.8 Å². The zero-order valence-electron chi connectivity index (χ0n) is 14.1. The van der Waals surface area contributed by atoms with E-state index in [2.05, 4.69) is 25.6 Å². The minimum absolute atomic E-state index is 0.119. The molecule has 4 rings (SSSR count). The first-order chi connectivity index (χ1) is 12.2. The summed E-state index contributed by atoms with van der Waals surface area (Å²) < 4.78 is 11.1. The van der Waals surface area contributed by atoms with E-state index in [1.807, 2.05) is 13.0 Å². The molecule has 0 unspecified atom stereocenters. The van der Waals surface area contributed by atoms with Gasteiger partial charge in [0, 0.05) is 44.1 Å². The number of aryl methyl sites for hydroxylation is 1. The van der Waals surface area contributed by atoms with Gasteiger partial charge in [-0.2, -0.15) is 10.2 Å². The summed E-state index contributed by atoms with van der Waals surface area (Å²) in [6.45, 7) is 5.83. The highest BCUT2D eigenvalue weighted by Crippen LogP contribution is 2.34. The fourth-order valence-electron chi connectivity index (χ4n) is 3.69. The van der Waals surface area contributed by atoms with Crippen LogP contribution in [-0.2, 0) is 11.3 Å². The van der Waals surface area contributed by atoms with Crippen LogP contribution < -0.4 is 5.32 Å². The van der Waals surface area contributed by atoms with Gasteiger partial charge < -0.3 is 14.6 Å². The van der Waals surface area contributed by atoms with Crippen LogP contribution in [-0.4, -0.2) is 58.5 Å². The lowest BCUT2D eigenvalue weighted by atomic mass is 9.93. The molecule has 1 N–H and O–H groups in total. The van der Waals surface area contributed by atoms with Crippen LogP contribution in [0.25, 0.3) is 0 Å². The molecule has 8 nitrogen and oxygen atoms in total. The van der Waals surface area contributed by atoms with Crippen LogP contribution in [0.2, 0.25) is 0 Å². The van der Waals surface area contributed by atoms with E-state index in [0.717, 1.165) is 31.1 Å². The van der Waals surface area contributed by atoms with Gasteiger partial charge in [0.25, 0.3) is 5.91 Å².